The van der Waals surface area contributed by atoms with Crippen molar-refractivity contribution in [2.24, 2.45) is 0 Å². The predicted octanol–water partition coefficient (Wildman–Crippen LogP) is 2.39. The number of rotatable bonds is 3. The first-order chi connectivity index (χ1) is 10.6. The van der Waals surface area contributed by atoms with Crippen LogP contribution in [0.15, 0.2) is 84.7 Å². The zero-order valence-corrected chi connectivity index (χ0v) is 12.6. The third-order valence-corrected chi connectivity index (χ3v) is 6.18. The molecule has 22 heavy (non-hydrogen) atoms. The van der Waals surface area contributed by atoms with E-state index in [1.807, 2.05) is 60.7 Å². The Morgan fingerprint density at radius 1 is 0.864 bits per heavy atom. The second-order valence-electron chi connectivity index (χ2n) is 5.00. The van der Waals surface area contributed by atoms with Crippen LogP contribution >= 0.6 is 7.92 Å². The summed E-state index contributed by atoms with van der Waals surface area (Å²) in [6.07, 6.45) is 3.86. The van der Waals surface area contributed by atoms with Crippen molar-refractivity contribution in [2.75, 3.05) is 0 Å². The quantitative estimate of drug-likeness (QED) is 0.856. The van der Waals surface area contributed by atoms with Crippen LogP contribution in [0.5, 0.6) is 0 Å². The Kier molecular flexibility index (Phi) is 3.93. The van der Waals surface area contributed by atoms with E-state index in [1.54, 1.807) is 0 Å². The first kappa shape index (κ1) is 14.7. The Balaban J connectivity index is 2.15. The van der Waals surface area contributed by atoms with E-state index in [0.29, 0.717) is 0 Å². The summed E-state index contributed by atoms with van der Waals surface area (Å²) in [6, 6.07) is 19.0. The molecule has 0 radical (unpaired) electrons. The molecule has 3 nitrogen and oxygen atoms in total. The van der Waals surface area contributed by atoms with Crippen LogP contribution in [0, 0.1) is 0 Å². The fourth-order valence-electron chi connectivity index (χ4n) is 2.45. The number of carbonyl (C=O) groups excluding carboxylic acids is 1. The molecule has 2 aromatic rings. The molecule has 1 atom stereocenters. The molecule has 1 aliphatic rings. The van der Waals surface area contributed by atoms with Gasteiger partial charge in [-0.2, -0.15) is 0 Å². The summed E-state index contributed by atoms with van der Waals surface area (Å²) >= 11 is 0. The zero-order chi connectivity index (χ0) is 15.6. The topological polar surface area (TPSA) is 57.5 Å². The lowest BCUT2D eigenvalue weighted by molar-refractivity contribution is -0.122. The molecule has 0 bridgehead atoms. The summed E-state index contributed by atoms with van der Waals surface area (Å²) in [5, 5.41) is 20.7. The molecule has 0 amide bonds. The highest BCUT2D eigenvalue weighted by Gasteiger charge is 2.43. The molecular weight excluding hydrogens is 295 g/mol. The smallest absolute Gasteiger partial charge is 0.199 e. The standard InChI is InChI=1S/C18H15O3P/c19-14-11-12-18(21,17(20)13-14)22(15-7-3-1-4-8-15)16-9-5-2-6-10-16/h1-13,19,21H. The Morgan fingerprint density at radius 2 is 1.36 bits per heavy atom. The lowest BCUT2D eigenvalue weighted by Gasteiger charge is -2.34. The first-order valence-electron chi connectivity index (χ1n) is 6.88. The molecule has 3 rings (SSSR count). The Labute approximate surface area is 130 Å². The first-order valence-corrected chi connectivity index (χ1v) is 8.22. The van der Waals surface area contributed by atoms with E-state index in [2.05, 4.69) is 0 Å². The SMILES string of the molecule is O=C1C=C(O)C=CC1(O)P(c1ccccc1)c1ccccc1. The van der Waals surface area contributed by atoms with Crippen molar-refractivity contribution < 1.29 is 15.0 Å². The van der Waals surface area contributed by atoms with Crippen LogP contribution in [0.2, 0.25) is 0 Å². The van der Waals surface area contributed by atoms with Gasteiger partial charge in [0.2, 0.25) is 0 Å². The molecule has 0 spiro atoms. The van der Waals surface area contributed by atoms with Gasteiger partial charge in [0.25, 0.3) is 0 Å². The van der Waals surface area contributed by atoms with E-state index in [1.165, 1.54) is 12.2 Å². The molecule has 4 heteroatoms. The molecule has 0 saturated carbocycles. The fraction of sp³-hybridized carbons (Fsp3) is 0.0556. The summed E-state index contributed by atoms with van der Waals surface area (Å²) in [7, 11) is -1.35. The maximum absolute atomic E-state index is 12.4. The number of hydrogen-bond donors (Lipinski definition) is 2. The van der Waals surface area contributed by atoms with E-state index in [-0.39, 0.29) is 5.76 Å². The van der Waals surface area contributed by atoms with Gasteiger partial charge >= 0.3 is 0 Å². The van der Waals surface area contributed by atoms with Crippen molar-refractivity contribution in [1.82, 2.24) is 0 Å². The largest absolute Gasteiger partial charge is 0.508 e. The maximum atomic E-state index is 12.4. The molecule has 1 unspecified atom stereocenters. The second-order valence-corrected chi connectivity index (χ2v) is 7.38. The van der Waals surface area contributed by atoms with Gasteiger partial charge in [0.15, 0.2) is 11.1 Å². The molecule has 110 valence electrons. The maximum Gasteiger partial charge on any atom is 0.199 e. The molecule has 0 saturated heterocycles. The van der Waals surface area contributed by atoms with Gasteiger partial charge in [-0.15, -0.1) is 0 Å². The Bertz CT molecular complexity index is 698. The van der Waals surface area contributed by atoms with Gasteiger partial charge in [0.1, 0.15) is 5.76 Å². The van der Waals surface area contributed by atoms with Crippen molar-refractivity contribution in [3.05, 3.63) is 84.7 Å². The summed E-state index contributed by atoms with van der Waals surface area (Å²) in [5.41, 5.74) is 0. The second kappa shape index (κ2) is 5.88. The van der Waals surface area contributed by atoms with Crippen molar-refractivity contribution in [1.29, 1.82) is 0 Å². The van der Waals surface area contributed by atoms with Gasteiger partial charge in [0, 0.05) is 14.0 Å². The summed E-state index contributed by atoms with van der Waals surface area (Å²) in [5.74, 6) is -0.628. The molecule has 0 aliphatic heterocycles. The van der Waals surface area contributed by atoms with Gasteiger partial charge in [-0.3, -0.25) is 4.79 Å². The van der Waals surface area contributed by atoms with Crippen LogP contribution in [0.3, 0.4) is 0 Å². The van der Waals surface area contributed by atoms with Crippen LogP contribution in [-0.4, -0.2) is 21.3 Å². The highest BCUT2D eigenvalue weighted by molar-refractivity contribution is 7.75. The Morgan fingerprint density at radius 3 is 1.82 bits per heavy atom. The van der Waals surface area contributed by atoms with Crippen LogP contribution in [0.1, 0.15) is 0 Å². The van der Waals surface area contributed by atoms with Crippen molar-refractivity contribution in [3.63, 3.8) is 0 Å². The third kappa shape index (κ3) is 2.61. The minimum atomic E-state index is -1.65. The molecule has 1 aliphatic carbocycles. The number of ketones is 1. The zero-order valence-electron chi connectivity index (χ0n) is 11.8. The highest BCUT2D eigenvalue weighted by atomic mass is 31.1. The van der Waals surface area contributed by atoms with E-state index >= 15 is 0 Å². The average molecular weight is 310 g/mol. The molecule has 0 heterocycles. The van der Waals surface area contributed by atoms with Crippen molar-refractivity contribution >= 4 is 24.3 Å². The van der Waals surface area contributed by atoms with Gasteiger partial charge in [-0.1, -0.05) is 60.7 Å². The summed E-state index contributed by atoms with van der Waals surface area (Å²) in [6.45, 7) is 0. The minimum absolute atomic E-state index is 0.134. The van der Waals surface area contributed by atoms with E-state index < -0.39 is 19.0 Å². The Hall–Kier alpha value is -2.22. The molecule has 2 N–H and O–H groups in total. The summed E-state index contributed by atoms with van der Waals surface area (Å²) < 4.78 is 0. The van der Waals surface area contributed by atoms with Gasteiger partial charge in [-0.25, -0.2) is 0 Å². The van der Waals surface area contributed by atoms with Crippen molar-refractivity contribution in [2.45, 2.75) is 5.34 Å². The normalized spacial score (nSPS) is 21.0. The number of aliphatic hydroxyl groups excluding tert-OH is 1. The predicted molar refractivity (Wildman–Crippen MR) is 88.9 cm³/mol. The number of carbonyl (C=O) groups is 1. The number of hydrogen-bond acceptors (Lipinski definition) is 3. The lowest BCUT2D eigenvalue weighted by Crippen LogP contribution is -2.41. The van der Waals surface area contributed by atoms with Gasteiger partial charge < -0.3 is 10.2 Å². The molecule has 0 aromatic heterocycles. The van der Waals surface area contributed by atoms with Gasteiger partial charge in [0.05, 0.1) is 0 Å². The molecular formula is C18H15O3P. The van der Waals surface area contributed by atoms with Crippen LogP contribution < -0.4 is 10.6 Å². The lowest BCUT2D eigenvalue weighted by atomic mass is 10.1. The highest BCUT2D eigenvalue weighted by Crippen LogP contribution is 2.49. The van der Waals surface area contributed by atoms with Crippen molar-refractivity contribution in [3.8, 4) is 0 Å². The van der Waals surface area contributed by atoms with E-state index in [9.17, 15) is 15.0 Å². The van der Waals surface area contributed by atoms with Gasteiger partial charge in [-0.05, 0) is 22.8 Å². The van der Waals surface area contributed by atoms with Crippen LogP contribution in [-0.2, 0) is 4.79 Å². The fourth-order valence-corrected chi connectivity index (χ4v) is 4.99. The van der Waals surface area contributed by atoms with E-state index in [0.717, 1.165) is 16.7 Å². The van der Waals surface area contributed by atoms with Crippen LogP contribution in [0.25, 0.3) is 0 Å². The molecule has 0 fully saturated rings. The van der Waals surface area contributed by atoms with Crippen LogP contribution in [0.4, 0.5) is 0 Å². The van der Waals surface area contributed by atoms with E-state index in [4.69, 9.17) is 0 Å². The number of benzene rings is 2. The monoisotopic (exact) mass is 310 g/mol. The minimum Gasteiger partial charge on any atom is -0.508 e. The molecule has 2 aromatic carbocycles. The average Bonchev–Trinajstić information content (AvgIpc) is 2.54. The third-order valence-electron chi connectivity index (χ3n) is 3.50. The number of aliphatic hydroxyl groups is 2. The number of allylic oxidation sites excluding steroid dienone is 1. The summed E-state index contributed by atoms with van der Waals surface area (Å²) in [4.78, 5) is 12.4.